The molecule has 1 aliphatic rings. The predicted molar refractivity (Wildman–Crippen MR) is 104 cm³/mol. The highest BCUT2D eigenvalue weighted by atomic mass is 16.5. The third kappa shape index (κ3) is 4.30. The van der Waals surface area contributed by atoms with Crippen molar-refractivity contribution in [3.8, 4) is 0 Å². The Morgan fingerprint density at radius 3 is 2.48 bits per heavy atom. The summed E-state index contributed by atoms with van der Waals surface area (Å²) in [5.74, 6) is 1.08. The van der Waals surface area contributed by atoms with Crippen molar-refractivity contribution < 1.29 is 4.74 Å². The smallest absolute Gasteiger partial charge is 0.152 e. The average molecular weight is 340 g/mol. The molecule has 0 amide bonds. The van der Waals surface area contributed by atoms with Gasteiger partial charge >= 0.3 is 0 Å². The van der Waals surface area contributed by atoms with E-state index in [0.29, 0.717) is 0 Å². The zero-order chi connectivity index (χ0) is 17.5. The van der Waals surface area contributed by atoms with E-state index in [1.165, 1.54) is 11.4 Å². The number of para-hydroxylation sites is 1. The lowest BCUT2D eigenvalue weighted by Gasteiger charge is -2.37. The molecule has 1 fully saturated rings. The van der Waals surface area contributed by atoms with Crippen LogP contribution >= 0.6 is 0 Å². The van der Waals surface area contributed by atoms with Crippen molar-refractivity contribution in [1.29, 1.82) is 0 Å². The molecule has 1 saturated heterocycles. The number of anilines is 3. The number of aromatic nitrogens is 1. The van der Waals surface area contributed by atoms with Crippen LogP contribution in [0.5, 0.6) is 0 Å². The first kappa shape index (κ1) is 17.7. The zero-order valence-corrected chi connectivity index (χ0v) is 15.3. The van der Waals surface area contributed by atoms with Gasteiger partial charge < -0.3 is 14.5 Å². The van der Waals surface area contributed by atoms with E-state index >= 15 is 0 Å². The number of benzene rings is 1. The van der Waals surface area contributed by atoms with Gasteiger partial charge in [0.2, 0.25) is 0 Å². The number of methoxy groups -OCH3 is 1. The van der Waals surface area contributed by atoms with Crippen molar-refractivity contribution in [3.05, 3.63) is 48.7 Å². The highest BCUT2D eigenvalue weighted by Crippen LogP contribution is 2.32. The summed E-state index contributed by atoms with van der Waals surface area (Å²) >= 11 is 0. The van der Waals surface area contributed by atoms with Gasteiger partial charge in [-0.25, -0.2) is 4.98 Å². The zero-order valence-electron chi connectivity index (χ0n) is 15.3. The van der Waals surface area contributed by atoms with Crippen molar-refractivity contribution in [2.24, 2.45) is 0 Å². The fourth-order valence-corrected chi connectivity index (χ4v) is 3.35. The topological polar surface area (TPSA) is 31.8 Å². The Bertz CT molecular complexity index is 641. The van der Waals surface area contributed by atoms with Crippen LogP contribution in [-0.4, -0.2) is 62.9 Å². The molecule has 5 heteroatoms. The fourth-order valence-electron chi connectivity index (χ4n) is 3.35. The molecule has 25 heavy (non-hydrogen) atoms. The van der Waals surface area contributed by atoms with E-state index in [1.807, 2.05) is 12.3 Å². The minimum absolute atomic E-state index is 0.798. The number of pyridine rings is 1. The van der Waals surface area contributed by atoms with Gasteiger partial charge in [0.25, 0.3) is 0 Å². The third-order valence-electron chi connectivity index (χ3n) is 4.72. The van der Waals surface area contributed by atoms with Crippen LogP contribution in [0, 0.1) is 0 Å². The van der Waals surface area contributed by atoms with Crippen molar-refractivity contribution in [3.63, 3.8) is 0 Å². The Balaban J connectivity index is 1.77. The molecule has 3 rings (SSSR count). The third-order valence-corrected chi connectivity index (χ3v) is 4.72. The van der Waals surface area contributed by atoms with Crippen molar-refractivity contribution in [2.45, 2.75) is 6.92 Å². The van der Waals surface area contributed by atoms with Gasteiger partial charge in [0, 0.05) is 58.3 Å². The molecule has 1 aliphatic heterocycles. The number of hydrogen-bond donors (Lipinski definition) is 0. The molecular weight excluding hydrogens is 312 g/mol. The van der Waals surface area contributed by atoms with Crippen LogP contribution in [0.1, 0.15) is 6.92 Å². The average Bonchev–Trinajstić information content (AvgIpc) is 2.69. The van der Waals surface area contributed by atoms with Gasteiger partial charge in [-0.05, 0) is 31.2 Å². The summed E-state index contributed by atoms with van der Waals surface area (Å²) in [5, 5.41) is 0. The van der Waals surface area contributed by atoms with Crippen molar-refractivity contribution in [2.75, 3.05) is 62.8 Å². The van der Waals surface area contributed by atoms with Gasteiger partial charge in [-0.3, -0.25) is 4.90 Å². The molecule has 0 unspecified atom stereocenters. The summed E-state index contributed by atoms with van der Waals surface area (Å²) in [5.41, 5.74) is 2.39. The molecule has 1 aromatic carbocycles. The normalized spacial score (nSPS) is 15.4. The van der Waals surface area contributed by atoms with Gasteiger partial charge in [-0.2, -0.15) is 0 Å². The standard InChI is InChI=1S/C20H28N4O/c1-3-24(18-8-5-4-6-9-18)19-10-7-11-21-20(19)23-14-12-22(13-15-23)16-17-25-2/h4-11H,3,12-17H2,1-2H3. The van der Waals surface area contributed by atoms with Crippen LogP contribution < -0.4 is 9.80 Å². The molecule has 1 aromatic heterocycles. The maximum atomic E-state index is 5.20. The highest BCUT2D eigenvalue weighted by Gasteiger charge is 2.22. The summed E-state index contributed by atoms with van der Waals surface area (Å²) in [6.07, 6.45) is 1.90. The Kier molecular flexibility index (Phi) is 6.25. The number of piperazine rings is 1. The number of rotatable bonds is 7. The van der Waals surface area contributed by atoms with Gasteiger partial charge in [0.05, 0.1) is 12.3 Å². The maximum absolute atomic E-state index is 5.20. The van der Waals surface area contributed by atoms with E-state index in [0.717, 1.165) is 51.7 Å². The van der Waals surface area contributed by atoms with Gasteiger partial charge in [-0.1, -0.05) is 18.2 Å². The molecule has 0 saturated carbocycles. The van der Waals surface area contributed by atoms with E-state index in [-0.39, 0.29) is 0 Å². The molecule has 0 atom stereocenters. The van der Waals surface area contributed by atoms with Gasteiger partial charge in [0.15, 0.2) is 5.82 Å². The van der Waals surface area contributed by atoms with Gasteiger partial charge in [-0.15, -0.1) is 0 Å². The summed E-state index contributed by atoms with van der Waals surface area (Å²) in [7, 11) is 1.76. The Hall–Kier alpha value is -2.11. The van der Waals surface area contributed by atoms with Crippen LogP contribution in [0.4, 0.5) is 17.2 Å². The first-order valence-corrected chi connectivity index (χ1v) is 9.07. The monoisotopic (exact) mass is 340 g/mol. The van der Waals surface area contributed by atoms with Crippen LogP contribution in [0.2, 0.25) is 0 Å². The van der Waals surface area contributed by atoms with E-state index in [4.69, 9.17) is 9.72 Å². The lowest BCUT2D eigenvalue weighted by Crippen LogP contribution is -2.47. The lowest BCUT2D eigenvalue weighted by molar-refractivity contribution is 0.144. The van der Waals surface area contributed by atoms with Crippen molar-refractivity contribution in [1.82, 2.24) is 9.88 Å². The molecule has 0 aliphatic carbocycles. The molecule has 0 N–H and O–H groups in total. The maximum Gasteiger partial charge on any atom is 0.152 e. The minimum Gasteiger partial charge on any atom is -0.383 e. The Morgan fingerprint density at radius 1 is 1.04 bits per heavy atom. The second-order valence-electron chi connectivity index (χ2n) is 6.25. The van der Waals surface area contributed by atoms with Gasteiger partial charge in [0.1, 0.15) is 0 Å². The minimum atomic E-state index is 0.798. The summed E-state index contributed by atoms with van der Waals surface area (Å²) in [6, 6.07) is 14.7. The van der Waals surface area contributed by atoms with E-state index < -0.39 is 0 Å². The molecule has 2 aromatic rings. The molecule has 134 valence electrons. The van der Waals surface area contributed by atoms with Crippen LogP contribution in [0.25, 0.3) is 0 Å². The van der Waals surface area contributed by atoms with E-state index in [9.17, 15) is 0 Å². The SMILES string of the molecule is CCN(c1ccccc1)c1cccnc1N1CCN(CCOC)CC1. The molecule has 0 bridgehead atoms. The second kappa shape index (κ2) is 8.83. The molecule has 5 nitrogen and oxygen atoms in total. The largest absolute Gasteiger partial charge is 0.383 e. The van der Waals surface area contributed by atoms with Crippen molar-refractivity contribution >= 4 is 17.2 Å². The Morgan fingerprint density at radius 2 is 1.80 bits per heavy atom. The number of nitrogens with zero attached hydrogens (tertiary/aromatic N) is 4. The summed E-state index contributed by atoms with van der Waals surface area (Å²) in [4.78, 5) is 11.9. The fraction of sp³-hybridized carbons (Fsp3) is 0.450. The van der Waals surface area contributed by atoms with Crippen LogP contribution in [0.3, 0.4) is 0 Å². The lowest BCUT2D eigenvalue weighted by atomic mass is 10.2. The second-order valence-corrected chi connectivity index (χ2v) is 6.25. The first-order chi connectivity index (χ1) is 12.3. The highest BCUT2D eigenvalue weighted by molar-refractivity contribution is 5.74. The number of ether oxygens (including phenoxy) is 1. The van der Waals surface area contributed by atoms with E-state index in [2.05, 4.69) is 58.0 Å². The molecule has 0 spiro atoms. The quantitative estimate of drug-likeness (QED) is 0.773. The summed E-state index contributed by atoms with van der Waals surface area (Å²) < 4.78 is 5.20. The number of hydrogen-bond acceptors (Lipinski definition) is 5. The first-order valence-electron chi connectivity index (χ1n) is 9.07. The molecule has 2 heterocycles. The summed E-state index contributed by atoms with van der Waals surface area (Å²) in [6.45, 7) is 9.01. The predicted octanol–water partition coefficient (Wildman–Crippen LogP) is 3.01. The van der Waals surface area contributed by atoms with Crippen LogP contribution in [0.15, 0.2) is 48.7 Å². The van der Waals surface area contributed by atoms with E-state index in [1.54, 1.807) is 7.11 Å². The molecular formula is C20H28N4O. The molecule has 0 radical (unpaired) electrons. The Labute approximate surface area is 150 Å². The van der Waals surface area contributed by atoms with Crippen LogP contribution in [-0.2, 0) is 4.74 Å².